The number of aliphatic hydroxyl groups excluding tert-OH is 1. The normalized spacial score (nSPS) is 19.7. The molecule has 19 heavy (non-hydrogen) atoms. The van der Waals surface area contributed by atoms with Gasteiger partial charge in [0.15, 0.2) is 0 Å². The first-order chi connectivity index (χ1) is 8.78. The van der Waals surface area contributed by atoms with Crippen LogP contribution >= 0.6 is 0 Å². The minimum atomic E-state index is -4.21. The summed E-state index contributed by atoms with van der Waals surface area (Å²) < 4.78 is 37.5. The van der Waals surface area contributed by atoms with Crippen LogP contribution in [0.15, 0.2) is 0 Å². The molecule has 0 heterocycles. The Morgan fingerprint density at radius 3 is 2.32 bits per heavy atom. The van der Waals surface area contributed by atoms with Crippen molar-refractivity contribution in [1.29, 1.82) is 0 Å². The summed E-state index contributed by atoms with van der Waals surface area (Å²) in [6, 6.07) is 0.555. The molecule has 0 radical (unpaired) electrons. The molecule has 1 aliphatic rings. The van der Waals surface area contributed by atoms with Gasteiger partial charge in [0, 0.05) is 25.7 Å². The van der Waals surface area contributed by atoms with E-state index in [1.54, 1.807) is 0 Å². The second-order valence-electron chi connectivity index (χ2n) is 5.87. The molecule has 1 aliphatic carbocycles. The molecule has 6 heteroatoms. The van der Waals surface area contributed by atoms with Gasteiger partial charge in [0.05, 0.1) is 13.2 Å². The summed E-state index contributed by atoms with van der Waals surface area (Å²) in [7, 11) is 0. The lowest BCUT2D eigenvalue weighted by molar-refractivity contribution is -0.149. The lowest BCUT2D eigenvalue weighted by Crippen LogP contribution is -2.46. The predicted octanol–water partition coefficient (Wildman–Crippen LogP) is 2.01. The average molecular weight is 282 g/mol. The number of aliphatic hydroxyl groups is 1. The number of halogens is 3. The van der Waals surface area contributed by atoms with Crippen LogP contribution in [-0.4, -0.2) is 55.0 Å². The third-order valence-corrected chi connectivity index (χ3v) is 3.67. The van der Waals surface area contributed by atoms with Gasteiger partial charge in [0.25, 0.3) is 0 Å². The van der Waals surface area contributed by atoms with Gasteiger partial charge in [-0.2, -0.15) is 13.2 Å². The van der Waals surface area contributed by atoms with Crippen molar-refractivity contribution in [2.45, 2.75) is 45.3 Å². The standard InChI is InChI=1S/C13H25F3N2O/c1-3-12(2,8-17-11-4-5-11)9-18(6-7-19)10-13(14,15)16/h11,17,19H,3-10H2,1-2H3. The topological polar surface area (TPSA) is 35.5 Å². The minimum absolute atomic E-state index is 0.0680. The van der Waals surface area contributed by atoms with E-state index in [0.717, 1.165) is 13.0 Å². The van der Waals surface area contributed by atoms with Crippen LogP contribution in [-0.2, 0) is 0 Å². The highest BCUT2D eigenvalue weighted by molar-refractivity contribution is 4.87. The molecule has 0 amide bonds. The Morgan fingerprint density at radius 2 is 1.89 bits per heavy atom. The average Bonchev–Trinajstić information content (AvgIpc) is 3.08. The number of hydrogen-bond acceptors (Lipinski definition) is 3. The molecule has 0 saturated heterocycles. The Labute approximate surface area is 113 Å². The Kier molecular flexibility index (Phi) is 6.08. The van der Waals surface area contributed by atoms with Crippen LogP contribution in [0.4, 0.5) is 13.2 Å². The number of nitrogens with zero attached hydrogens (tertiary/aromatic N) is 1. The maximum atomic E-state index is 12.5. The van der Waals surface area contributed by atoms with E-state index >= 15 is 0 Å². The van der Waals surface area contributed by atoms with Gasteiger partial charge in [-0.3, -0.25) is 4.90 Å². The molecular formula is C13H25F3N2O. The highest BCUT2D eigenvalue weighted by Gasteiger charge is 2.34. The van der Waals surface area contributed by atoms with Crippen molar-refractivity contribution in [1.82, 2.24) is 10.2 Å². The van der Waals surface area contributed by atoms with Crippen molar-refractivity contribution in [3.8, 4) is 0 Å². The predicted molar refractivity (Wildman–Crippen MR) is 69.0 cm³/mol. The molecule has 0 bridgehead atoms. The lowest BCUT2D eigenvalue weighted by Gasteiger charge is -2.35. The Balaban J connectivity index is 2.50. The number of alkyl halides is 3. The van der Waals surface area contributed by atoms with E-state index in [4.69, 9.17) is 5.11 Å². The first-order valence-corrected chi connectivity index (χ1v) is 6.91. The van der Waals surface area contributed by atoms with E-state index in [9.17, 15) is 13.2 Å². The summed E-state index contributed by atoms with van der Waals surface area (Å²) in [5, 5.41) is 12.3. The van der Waals surface area contributed by atoms with Crippen molar-refractivity contribution in [3.05, 3.63) is 0 Å². The van der Waals surface area contributed by atoms with Crippen LogP contribution in [0.25, 0.3) is 0 Å². The quantitative estimate of drug-likeness (QED) is 0.679. The Bertz CT molecular complexity index is 269. The van der Waals surface area contributed by atoms with Crippen LogP contribution in [0.5, 0.6) is 0 Å². The zero-order chi connectivity index (χ0) is 14.5. The maximum absolute atomic E-state index is 12.5. The molecule has 2 N–H and O–H groups in total. The summed E-state index contributed by atoms with van der Waals surface area (Å²) in [4.78, 5) is 1.30. The molecule has 0 aromatic carbocycles. The lowest BCUT2D eigenvalue weighted by atomic mass is 9.86. The van der Waals surface area contributed by atoms with Crippen LogP contribution in [0, 0.1) is 5.41 Å². The number of nitrogens with one attached hydrogen (secondary N) is 1. The van der Waals surface area contributed by atoms with Crippen LogP contribution in [0.1, 0.15) is 33.1 Å². The summed E-state index contributed by atoms with van der Waals surface area (Å²) in [5.41, 5.74) is -0.191. The van der Waals surface area contributed by atoms with Gasteiger partial charge >= 0.3 is 6.18 Å². The van der Waals surface area contributed by atoms with Gasteiger partial charge in [-0.05, 0) is 24.7 Å². The summed E-state index contributed by atoms with van der Waals surface area (Å²) in [6.45, 7) is 3.96. The zero-order valence-corrected chi connectivity index (χ0v) is 11.8. The molecule has 0 spiro atoms. The highest BCUT2D eigenvalue weighted by atomic mass is 19.4. The van der Waals surface area contributed by atoms with Crippen molar-refractivity contribution >= 4 is 0 Å². The van der Waals surface area contributed by atoms with E-state index in [0.29, 0.717) is 12.6 Å². The van der Waals surface area contributed by atoms with E-state index in [2.05, 4.69) is 5.32 Å². The van der Waals surface area contributed by atoms with Gasteiger partial charge < -0.3 is 10.4 Å². The van der Waals surface area contributed by atoms with Crippen LogP contribution in [0.2, 0.25) is 0 Å². The molecule has 0 aliphatic heterocycles. The van der Waals surface area contributed by atoms with Crippen LogP contribution < -0.4 is 5.32 Å². The van der Waals surface area contributed by atoms with Gasteiger partial charge in [-0.15, -0.1) is 0 Å². The van der Waals surface area contributed by atoms with Gasteiger partial charge in [0.1, 0.15) is 0 Å². The fourth-order valence-corrected chi connectivity index (χ4v) is 2.12. The van der Waals surface area contributed by atoms with Crippen molar-refractivity contribution in [2.24, 2.45) is 5.41 Å². The van der Waals surface area contributed by atoms with E-state index < -0.39 is 12.7 Å². The first-order valence-electron chi connectivity index (χ1n) is 6.91. The largest absolute Gasteiger partial charge is 0.401 e. The second-order valence-corrected chi connectivity index (χ2v) is 5.87. The third kappa shape index (κ3) is 7.13. The minimum Gasteiger partial charge on any atom is -0.395 e. The third-order valence-electron chi connectivity index (χ3n) is 3.67. The molecule has 3 nitrogen and oxygen atoms in total. The van der Waals surface area contributed by atoms with Gasteiger partial charge in [-0.25, -0.2) is 0 Å². The molecule has 1 saturated carbocycles. The number of hydrogen-bond donors (Lipinski definition) is 2. The van der Waals surface area contributed by atoms with E-state index in [1.807, 2.05) is 13.8 Å². The fraction of sp³-hybridized carbons (Fsp3) is 1.00. The zero-order valence-electron chi connectivity index (χ0n) is 11.8. The van der Waals surface area contributed by atoms with Gasteiger partial charge in [0.2, 0.25) is 0 Å². The molecule has 1 unspecified atom stereocenters. The first kappa shape index (κ1) is 16.7. The van der Waals surface area contributed by atoms with Crippen molar-refractivity contribution in [3.63, 3.8) is 0 Å². The molecular weight excluding hydrogens is 257 g/mol. The van der Waals surface area contributed by atoms with Gasteiger partial charge in [-0.1, -0.05) is 13.8 Å². The maximum Gasteiger partial charge on any atom is 0.401 e. The Morgan fingerprint density at radius 1 is 1.26 bits per heavy atom. The van der Waals surface area contributed by atoms with Crippen molar-refractivity contribution in [2.75, 3.05) is 32.8 Å². The summed E-state index contributed by atoms with van der Waals surface area (Å²) >= 11 is 0. The second kappa shape index (κ2) is 6.90. The molecule has 1 rings (SSSR count). The molecule has 0 aromatic rings. The smallest absolute Gasteiger partial charge is 0.395 e. The van der Waals surface area contributed by atoms with E-state index in [1.165, 1.54) is 17.7 Å². The SMILES string of the molecule is CCC(C)(CNC1CC1)CN(CCO)CC(F)(F)F. The fourth-order valence-electron chi connectivity index (χ4n) is 2.12. The molecule has 1 atom stereocenters. The summed E-state index contributed by atoms with van der Waals surface area (Å²) in [5.74, 6) is 0. The molecule has 0 aromatic heterocycles. The monoisotopic (exact) mass is 282 g/mol. The number of rotatable bonds is 9. The molecule has 1 fully saturated rings. The van der Waals surface area contributed by atoms with Crippen LogP contribution in [0.3, 0.4) is 0 Å². The summed E-state index contributed by atoms with van der Waals surface area (Å²) in [6.07, 6.45) is -1.06. The Hall–Kier alpha value is -0.330. The molecule has 114 valence electrons. The van der Waals surface area contributed by atoms with E-state index in [-0.39, 0.29) is 18.6 Å². The van der Waals surface area contributed by atoms with Crippen molar-refractivity contribution < 1.29 is 18.3 Å². The highest BCUT2D eigenvalue weighted by Crippen LogP contribution is 2.27.